The fraction of sp³-hybridized carbons (Fsp3) is 0.190. The van der Waals surface area contributed by atoms with Crippen LogP contribution in [-0.2, 0) is 6.42 Å². The fourth-order valence-corrected chi connectivity index (χ4v) is 3.84. The number of hydrogen-bond donors (Lipinski definition) is 2. The maximum Gasteiger partial charge on any atom is 0.267 e. The summed E-state index contributed by atoms with van der Waals surface area (Å²) in [5.41, 5.74) is 3.36. The van der Waals surface area contributed by atoms with Gasteiger partial charge in [0.25, 0.3) is 11.8 Å². The van der Waals surface area contributed by atoms with E-state index in [0.29, 0.717) is 33.8 Å². The molecule has 0 fully saturated rings. The first-order valence-corrected chi connectivity index (χ1v) is 9.54. The van der Waals surface area contributed by atoms with Crippen molar-refractivity contribution in [2.75, 3.05) is 12.4 Å². The van der Waals surface area contributed by atoms with Crippen molar-refractivity contribution in [2.24, 2.45) is 0 Å². The Morgan fingerprint density at radius 1 is 1.07 bits per heavy atom. The Morgan fingerprint density at radius 2 is 1.79 bits per heavy atom. The van der Waals surface area contributed by atoms with Gasteiger partial charge in [-0.15, -0.1) is 11.3 Å². The van der Waals surface area contributed by atoms with E-state index in [-0.39, 0.29) is 17.6 Å². The number of nitrogens with one attached hydrogen (secondary N) is 2. The predicted molar refractivity (Wildman–Crippen MR) is 109 cm³/mol. The Bertz CT molecular complexity index is 1030. The topological polar surface area (TPSA) is 71.1 Å². The van der Waals surface area contributed by atoms with Gasteiger partial charge in [0.05, 0.1) is 10.7 Å². The van der Waals surface area contributed by atoms with E-state index in [1.54, 1.807) is 51.2 Å². The van der Waals surface area contributed by atoms with Gasteiger partial charge in [0.1, 0.15) is 10.7 Å². The Labute approximate surface area is 166 Å². The molecule has 0 bridgehead atoms. The molecule has 0 unspecified atom stereocenters. The number of halogens is 1. The molecule has 3 aromatic rings. The van der Waals surface area contributed by atoms with Crippen LogP contribution in [0.4, 0.5) is 10.1 Å². The Balaban J connectivity index is 1.79. The molecule has 0 aliphatic rings. The van der Waals surface area contributed by atoms with Crippen LogP contribution in [0.5, 0.6) is 0 Å². The van der Waals surface area contributed by atoms with Crippen molar-refractivity contribution in [3.05, 3.63) is 80.6 Å². The summed E-state index contributed by atoms with van der Waals surface area (Å²) in [5.74, 6) is -0.754. The summed E-state index contributed by atoms with van der Waals surface area (Å²) in [6, 6.07) is 11.4. The number of aromatic nitrogens is 1. The summed E-state index contributed by atoms with van der Waals surface area (Å²) in [6.07, 6.45) is 0.532. The molecule has 0 saturated heterocycles. The number of aryl methyl sites for hydroxylation is 1. The molecular weight excluding hydrogens is 377 g/mol. The normalized spacial score (nSPS) is 10.6. The molecule has 0 aliphatic carbocycles. The molecule has 144 valence electrons. The highest BCUT2D eigenvalue weighted by atomic mass is 32.1. The molecule has 2 N–H and O–H groups in total. The van der Waals surface area contributed by atoms with Gasteiger partial charge in [-0.05, 0) is 49.2 Å². The van der Waals surface area contributed by atoms with Crippen molar-refractivity contribution in [1.29, 1.82) is 0 Å². The van der Waals surface area contributed by atoms with E-state index in [4.69, 9.17) is 0 Å². The summed E-state index contributed by atoms with van der Waals surface area (Å²) in [5, 5.41) is 6.25. The van der Waals surface area contributed by atoms with Gasteiger partial charge in [-0.1, -0.05) is 18.2 Å². The monoisotopic (exact) mass is 397 g/mol. The van der Waals surface area contributed by atoms with Crippen LogP contribution in [0.25, 0.3) is 0 Å². The average Bonchev–Trinajstić information content (AvgIpc) is 3.05. The minimum absolute atomic E-state index is 0.204. The van der Waals surface area contributed by atoms with Gasteiger partial charge >= 0.3 is 0 Å². The first kappa shape index (κ1) is 19.7. The number of carbonyl (C=O) groups excluding carboxylic acids is 2. The third kappa shape index (κ3) is 4.26. The van der Waals surface area contributed by atoms with Gasteiger partial charge in [0.15, 0.2) is 0 Å². The molecule has 1 aromatic heterocycles. The Hall–Kier alpha value is -3.06. The number of carbonyl (C=O) groups is 2. The zero-order chi connectivity index (χ0) is 20.3. The van der Waals surface area contributed by atoms with E-state index in [1.165, 1.54) is 23.5 Å². The van der Waals surface area contributed by atoms with Gasteiger partial charge in [-0.3, -0.25) is 9.59 Å². The van der Waals surface area contributed by atoms with Crippen LogP contribution < -0.4 is 10.6 Å². The molecule has 0 aliphatic heterocycles. The molecule has 5 nitrogen and oxygen atoms in total. The van der Waals surface area contributed by atoms with Crippen LogP contribution in [0.1, 0.15) is 41.9 Å². The van der Waals surface area contributed by atoms with Crippen LogP contribution in [0.15, 0.2) is 42.5 Å². The van der Waals surface area contributed by atoms with Gasteiger partial charge < -0.3 is 10.6 Å². The Kier molecular flexibility index (Phi) is 5.84. The molecule has 2 amide bonds. The SMILES string of the molecule is CNC(=O)c1cccc(NC(=O)c2sc(Cc3ccc(F)cc3)nc2C)c1C. The summed E-state index contributed by atoms with van der Waals surface area (Å²) in [7, 11) is 1.57. The van der Waals surface area contributed by atoms with Gasteiger partial charge in [0.2, 0.25) is 0 Å². The predicted octanol–water partition coefficient (Wildman–Crippen LogP) is 4.10. The maximum atomic E-state index is 13.0. The smallest absolute Gasteiger partial charge is 0.267 e. The van der Waals surface area contributed by atoms with Gasteiger partial charge in [0, 0.05) is 24.7 Å². The standard InChI is InChI=1S/C21H20FN3O2S/c1-12-16(20(26)23-3)5-4-6-17(12)25-21(27)19-13(2)24-18(28-19)11-14-7-9-15(22)10-8-14/h4-10H,11H2,1-3H3,(H,23,26)(H,25,27). The second-order valence-electron chi connectivity index (χ2n) is 6.34. The summed E-state index contributed by atoms with van der Waals surface area (Å²) in [6.45, 7) is 3.58. The lowest BCUT2D eigenvalue weighted by molar-refractivity contribution is 0.0961. The van der Waals surface area contributed by atoms with E-state index in [0.717, 1.165) is 10.6 Å². The summed E-state index contributed by atoms with van der Waals surface area (Å²) < 4.78 is 13.0. The van der Waals surface area contributed by atoms with E-state index in [9.17, 15) is 14.0 Å². The molecule has 1 heterocycles. The number of amides is 2. The second-order valence-corrected chi connectivity index (χ2v) is 7.42. The van der Waals surface area contributed by atoms with Gasteiger partial charge in [-0.2, -0.15) is 0 Å². The third-order valence-corrected chi connectivity index (χ3v) is 5.53. The molecule has 7 heteroatoms. The lowest BCUT2D eigenvalue weighted by Gasteiger charge is -2.11. The quantitative estimate of drug-likeness (QED) is 0.681. The largest absolute Gasteiger partial charge is 0.355 e. The summed E-state index contributed by atoms with van der Waals surface area (Å²) in [4.78, 5) is 29.7. The van der Waals surface area contributed by atoms with Crippen molar-refractivity contribution in [1.82, 2.24) is 10.3 Å². The zero-order valence-electron chi connectivity index (χ0n) is 15.8. The van der Waals surface area contributed by atoms with Crippen molar-refractivity contribution >= 4 is 28.8 Å². The van der Waals surface area contributed by atoms with Crippen molar-refractivity contribution < 1.29 is 14.0 Å². The zero-order valence-corrected chi connectivity index (χ0v) is 16.6. The van der Waals surface area contributed by atoms with Gasteiger partial charge in [-0.25, -0.2) is 9.37 Å². The molecule has 0 spiro atoms. The number of rotatable bonds is 5. The van der Waals surface area contributed by atoms with Crippen LogP contribution in [-0.4, -0.2) is 23.8 Å². The lowest BCUT2D eigenvalue weighted by Crippen LogP contribution is -2.20. The first-order valence-electron chi connectivity index (χ1n) is 8.73. The molecule has 0 atom stereocenters. The van der Waals surface area contributed by atoms with Crippen molar-refractivity contribution in [2.45, 2.75) is 20.3 Å². The van der Waals surface area contributed by atoms with E-state index in [2.05, 4.69) is 15.6 Å². The van der Waals surface area contributed by atoms with E-state index in [1.807, 2.05) is 0 Å². The van der Waals surface area contributed by atoms with Crippen molar-refractivity contribution in [3.63, 3.8) is 0 Å². The molecule has 0 saturated carbocycles. The number of thiazole rings is 1. The number of hydrogen-bond acceptors (Lipinski definition) is 4. The third-order valence-electron chi connectivity index (χ3n) is 4.37. The van der Waals surface area contributed by atoms with E-state index >= 15 is 0 Å². The van der Waals surface area contributed by atoms with Crippen LogP contribution >= 0.6 is 11.3 Å². The first-order chi connectivity index (χ1) is 13.4. The lowest BCUT2D eigenvalue weighted by atomic mass is 10.1. The van der Waals surface area contributed by atoms with Crippen LogP contribution in [0.3, 0.4) is 0 Å². The van der Waals surface area contributed by atoms with Crippen molar-refractivity contribution in [3.8, 4) is 0 Å². The highest BCUT2D eigenvalue weighted by Gasteiger charge is 2.18. The number of anilines is 1. The number of nitrogens with zero attached hydrogens (tertiary/aromatic N) is 1. The average molecular weight is 397 g/mol. The summed E-state index contributed by atoms with van der Waals surface area (Å²) >= 11 is 1.31. The minimum Gasteiger partial charge on any atom is -0.355 e. The number of benzene rings is 2. The second kappa shape index (κ2) is 8.31. The molecule has 2 aromatic carbocycles. The molecule has 3 rings (SSSR count). The molecule has 28 heavy (non-hydrogen) atoms. The molecule has 0 radical (unpaired) electrons. The maximum absolute atomic E-state index is 13.0. The highest BCUT2D eigenvalue weighted by molar-refractivity contribution is 7.14. The molecular formula is C21H20FN3O2S. The minimum atomic E-state index is -0.284. The van der Waals surface area contributed by atoms with Crippen LogP contribution in [0, 0.1) is 19.7 Å². The van der Waals surface area contributed by atoms with E-state index < -0.39 is 0 Å². The Morgan fingerprint density at radius 3 is 2.46 bits per heavy atom. The fourth-order valence-electron chi connectivity index (χ4n) is 2.85. The van der Waals surface area contributed by atoms with Crippen LogP contribution in [0.2, 0.25) is 0 Å². The highest BCUT2D eigenvalue weighted by Crippen LogP contribution is 2.24.